The Morgan fingerprint density at radius 1 is 1.20 bits per heavy atom. The Kier molecular flexibility index (Phi) is 4.13. The van der Waals surface area contributed by atoms with Gasteiger partial charge >= 0.3 is 0 Å². The average molecular weight is 281 g/mol. The molecule has 0 spiro atoms. The summed E-state index contributed by atoms with van der Waals surface area (Å²) in [6.45, 7) is 6.75. The lowest BCUT2D eigenvalue weighted by Gasteiger charge is -2.16. The van der Waals surface area contributed by atoms with Gasteiger partial charge in [0.2, 0.25) is 0 Å². The number of nitrogens with one attached hydrogen (secondary N) is 2. The number of halogens is 2. The van der Waals surface area contributed by atoms with Crippen LogP contribution in [0.2, 0.25) is 0 Å². The summed E-state index contributed by atoms with van der Waals surface area (Å²) in [6.07, 6.45) is 0. The molecule has 0 aliphatic rings. The monoisotopic (exact) mass is 281 g/mol. The number of rotatable bonds is 4. The molecule has 0 fully saturated rings. The molecular weight excluding hydrogens is 264 g/mol. The minimum Gasteiger partial charge on any atom is -0.309 e. The van der Waals surface area contributed by atoms with Crippen LogP contribution in [0.15, 0.2) is 16.9 Å². The molecule has 4 nitrogen and oxygen atoms in total. The van der Waals surface area contributed by atoms with Crippen molar-refractivity contribution in [2.75, 3.05) is 6.54 Å². The van der Waals surface area contributed by atoms with E-state index in [4.69, 9.17) is 0 Å². The maximum absolute atomic E-state index is 13.4. The Hall–Kier alpha value is -1.82. The molecule has 6 heteroatoms. The fourth-order valence-corrected chi connectivity index (χ4v) is 2.02. The number of hydrogen-bond donors (Lipinski definition) is 2. The van der Waals surface area contributed by atoms with E-state index in [1.807, 2.05) is 6.92 Å². The van der Waals surface area contributed by atoms with Crippen molar-refractivity contribution in [2.45, 2.75) is 26.8 Å². The summed E-state index contributed by atoms with van der Waals surface area (Å²) < 4.78 is 26.7. The second kappa shape index (κ2) is 5.66. The summed E-state index contributed by atoms with van der Waals surface area (Å²) in [4.78, 5) is 11.7. The van der Waals surface area contributed by atoms with E-state index in [2.05, 4.69) is 29.4 Å². The maximum Gasteiger partial charge on any atom is 0.272 e. The van der Waals surface area contributed by atoms with Gasteiger partial charge < -0.3 is 5.32 Å². The molecule has 0 bridgehead atoms. The molecule has 0 amide bonds. The first-order valence-corrected chi connectivity index (χ1v) is 6.51. The number of aromatic amines is 1. The van der Waals surface area contributed by atoms with Crippen LogP contribution < -0.4 is 10.9 Å². The lowest BCUT2D eigenvalue weighted by Crippen LogP contribution is -2.25. The van der Waals surface area contributed by atoms with Crippen molar-refractivity contribution in [1.29, 1.82) is 0 Å². The van der Waals surface area contributed by atoms with E-state index < -0.39 is 17.2 Å². The number of aromatic nitrogens is 2. The quantitative estimate of drug-likeness (QED) is 0.905. The predicted molar refractivity (Wildman–Crippen MR) is 73.5 cm³/mol. The van der Waals surface area contributed by atoms with Crippen LogP contribution >= 0.6 is 0 Å². The Morgan fingerprint density at radius 3 is 2.40 bits per heavy atom. The summed E-state index contributed by atoms with van der Waals surface area (Å²) in [5.41, 5.74) is -0.0298. The van der Waals surface area contributed by atoms with Crippen LogP contribution in [0.4, 0.5) is 8.78 Å². The summed E-state index contributed by atoms with van der Waals surface area (Å²) in [6, 6.07) is 1.75. The van der Waals surface area contributed by atoms with Gasteiger partial charge in [-0.05, 0) is 31.5 Å². The Balaban J connectivity index is 2.51. The van der Waals surface area contributed by atoms with Gasteiger partial charge in [0, 0.05) is 11.4 Å². The van der Waals surface area contributed by atoms with Crippen LogP contribution in [0.1, 0.15) is 32.5 Å². The van der Waals surface area contributed by atoms with Crippen LogP contribution in [0.3, 0.4) is 0 Å². The fourth-order valence-electron chi connectivity index (χ4n) is 2.02. The summed E-state index contributed by atoms with van der Waals surface area (Å²) in [5, 5.41) is 9.97. The van der Waals surface area contributed by atoms with E-state index in [0.29, 0.717) is 17.0 Å². The minimum atomic E-state index is -1.04. The zero-order valence-electron chi connectivity index (χ0n) is 11.6. The zero-order chi connectivity index (χ0) is 14.9. The number of nitrogens with zero attached hydrogens (tertiary/aromatic N) is 1. The first-order chi connectivity index (χ1) is 9.40. The van der Waals surface area contributed by atoms with Gasteiger partial charge in [0.15, 0.2) is 11.6 Å². The Morgan fingerprint density at radius 2 is 1.80 bits per heavy atom. The molecule has 1 aromatic carbocycles. The molecule has 1 unspecified atom stereocenters. The van der Waals surface area contributed by atoms with Gasteiger partial charge in [-0.1, -0.05) is 13.8 Å². The van der Waals surface area contributed by atoms with Crippen LogP contribution in [0, 0.1) is 17.6 Å². The molecule has 2 rings (SSSR count). The SMILES string of the molecule is CC(C)CNC(C)c1n[nH]c(=O)c2cc(F)c(F)cc12. The predicted octanol–water partition coefficient (Wildman–Crippen LogP) is 2.51. The second-order valence-corrected chi connectivity index (χ2v) is 5.27. The van der Waals surface area contributed by atoms with E-state index in [1.54, 1.807) is 0 Å². The molecule has 108 valence electrons. The maximum atomic E-state index is 13.4. The average Bonchev–Trinajstić information content (AvgIpc) is 2.39. The summed E-state index contributed by atoms with van der Waals surface area (Å²) in [7, 11) is 0. The number of hydrogen-bond acceptors (Lipinski definition) is 3. The van der Waals surface area contributed by atoms with Crippen LogP contribution in [0.25, 0.3) is 10.8 Å². The lowest BCUT2D eigenvalue weighted by atomic mass is 10.1. The van der Waals surface area contributed by atoms with Crippen molar-refractivity contribution in [3.8, 4) is 0 Å². The molecule has 1 heterocycles. The number of H-pyrrole nitrogens is 1. The summed E-state index contributed by atoms with van der Waals surface area (Å²) in [5.74, 6) is -1.58. The molecule has 2 aromatic rings. The first kappa shape index (κ1) is 14.6. The molecule has 0 aliphatic carbocycles. The molecule has 0 radical (unpaired) electrons. The van der Waals surface area contributed by atoms with Crippen molar-refractivity contribution in [3.63, 3.8) is 0 Å². The van der Waals surface area contributed by atoms with Crippen LogP contribution in [-0.2, 0) is 0 Å². The molecule has 20 heavy (non-hydrogen) atoms. The zero-order valence-corrected chi connectivity index (χ0v) is 11.6. The van der Waals surface area contributed by atoms with Gasteiger partial charge in [-0.25, -0.2) is 13.9 Å². The smallest absolute Gasteiger partial charge is 0.272 e. The highest BCUT2D eigenvalue weighted by Crippen LogP contribution is 2.22. The van der Waals surface area contributed by atoms with Gasteiger partial charge in [0.25, 0.3) is 5.56 Å². The van der Waals surface area contributed by atoms with E-state index in [9.17, 15) is 13.6 Å². The number of benzene rings is 1. The Labute approximate surface area is 115 Å². The Bertz CT molecular complexity index is 682. The van der Waals surface area contributed by atoms with Gasteiger partial charge in [-0.2, -0.15) is 5.10 Å². The van der Waals surface area contributed by atoms with Crippen molar-refractivity contribution in [3.05, 3.63) is 39.8 Å². The molecule has 0 saturated carbocycles. The molecule has 0 saturated heterocycles. The minimum absolute atomic E-state index is 0.104. The highest BCUT2D eigenvalue weighted by molar-refractivity contribution is 5.84. The van der Waals surface area contributed by atoms with Crippen molar-refractivity contribution in [2.24, 2.45) is 5.92 Å². The van der Waals surface area contributed by atoms with Gasteiger partial charge in [-0.3, -0.25) is 4.79 Å². The van der Waals surface area contributed by atoms with E-state index in [0.717, 1.165) is 18.7 Å². The molecule has 2 N–H and O–H groups in total. The fraction of sp³-hybridized carbons (Fsp3) is 0.429. The highest BCUT2D eigenvalue weighted by Gasteiger charge is 2.16. The molecule has 0 aliphatic heterocycles. The number of fused-ring (bicyclic) bond motifs is 1. The molecule has 1 atom stereocenters. The lowest BCUT2D eigenvalue weighted by molar-refractivity contribution is 0.488. The normalized spacial score (nSPS) is 13.1. The third-order valence-electron chi connectivity index (χ3n) is 3.10. The van der Waals surface area contributed by atoms with Gasteiger partial charge in [-0.15, -0.1) is 0 Å². The topological polar surface area (TPSA) is 57.8 Å². The first-order valence-electron chi connectivity index (χ1n) is 6.51. The third-order valence-corrected chi connectivity index (χ3v) is 3.10. The van der Waals surface area contributed by atoms with Crippen molar-refractivity contribution < 1.29 is 8.78 Å². The van der Waals surface area contributed by atoms with Gasteiger partial charge in [0.1, 0.15) is 0 Å². The molecular formula is C14H17F2N3O. The van der Waals surface area contributed by atoms with E-state index >= 15 is 0 Å². The standard InChI is InChI=1S/C14H17F2N3O/c1-7(2)6-17-8(3)13-9-4-11(15)12(16)5-10(9)14(20)19-18-13/h4-5,7-8,17H,6H2,1-3H3,(H,19,20). The van der Waals surface area contributed by atoms with E-state index in [-0.39, 0.29) is 11.4 Å². The third kappa shape index (κ3) is 2.85. The van der Waals surface area contributed by atoms with Crippen molar-refractivity contribution >= 4 is 10.8 Å². The van der Waals surface area contributed by atoms with Gasteiger partial charge in [0.05, 0.1) is 11.1 Å². The largest absolute Gasteiger partial charge is 0.309 e. The second-order valence-electron chi connectivity index (χ2n) is 5.27. The van der Waals surface area contributed by atoms with Crippen LogP contribution in [0.5, 0.6) is 0 Å². The van der Waals surface area contributed by atoms with Crippen LogP contribution in [-0.4, -0.2) is 16.7 Å². The summed E-state index contributed by atoms with van der Waals surface area (Å²) >= 11 is 0. The van der Waals surface area contributed by atoms with E-state index in [1.165, 1.54) is 0 Å². The molecule has 1 aromatic heterocycles. The van der Waals surface area contributed by atoms with Crippen molar-refractivity contribution in [1.82, 2.24) is 15.5 Å². The highest BCUT2D eigenvalue weighted by atomic mass is 19.2.